The number of nitrogens with zero attached hydrogens (tertiary/aromatic N) is 5. The Kier molecular flexibility index (Phi) is 2.14. The molecule has 0 radical (unpaired) electrons. The van der Waals surface area contributed by atoms with Gasteiger partial charge in [0.2, 0.25) is 0 Å². The SMILES string of the molecule is CCc1ccnc2c1N(C)Cc1nc(C)nn1-2. The van der Waals surface area contributed by atoms with E-state index in [9.17, 15) is 0 Å². The molecule has 0 bridgehead atoms. The molecule has 17 heavy (non-hydrogen) atoms. The molecule has 1 aliphatic rings. The van der Waals surface area contributed by atoms with Crippen LogP contribution in [0.25, 0.3) is 5.82 Å². The lowest BCUT2D eigenvalue weighted by Crippen LogP contribution is -2.28. The summed E-state index contributed by atoms with van der Waals surface area (Å²) in [6.45, 7) is 4.85. The number of anilines is 1. The Morgan fingerprint density at radius 1 is 1.41 bits per heavy atom. The third-order valence-corrected chi connectivity index (χ3v) is 3.11. The highest BCUT2D eigenvalue weighted by atomic mass is 15.4. The van der Waals surface area contributed by atoms with Crippen LogP contribution in [0.3, 0.4) is 0 Å². The van der Waals surface area contributed by atoms with Gasteiger partial charge in [-0.15, -0.1) is 5.10 Å². The molecule has 88 valence electrons. The molecule has 0 N–H and O–H groups in total. The first-order chi connectivity index (χ1) is 8.20. The highest BCUT2D eigenvalue weighted by Crippen LogP contribution is 2.31. The minimum atomic E-state index is 0.784. The minimum Gasteiger partial charge on any atom is -0.364 e. The van der Waals surface area contributed by atoms with Crippen molar-refractivity contribution in [2.45, 2.75) is 26.8 Å². The van der Waals surface area contributed by atoms with E-state index in [2.05, 4.69) is 40.0 Å². The molecular formula is C12H15N5. The zero-order valence-electron chi connectivity index (χ0n) is 10.3. The van der Waals surface area contributed by atoms with Gasteiger partial charge in [-0.2, -0.15) is 4.68 Å². The molecule has 0 aromatic carbocycles. The number of aryl methyl sites for hydroxylation is 2. The molecule has 3 heterocycles. The van der Waals surface area contributed by atoms with Gasteiger partial charge in [0.05, 0.1) is 12.2 Å². The predicted octanol–water partition coefficient (Wildman–Crippen LogP) is 1.48. The molecular weight excluding hydrogens is 214 g/mol. The first-order valence-electron chi connectivity index (χ1n) is 5.82. The summed E-state index contributed by atoms with van der Waals surface area (Å²) >= 11 is 0. The van der Waals surface area contributed by atoms with Gasteiger partial charge >= 0.3 is 0 Å². The van der Waals surface area contributed by atoms with Crippen LogP contribution in [0.2, 0.25) is 0 Å². The molecule has 0 aliphatic carbocycles. The fourth-order valence-electron chi connectivity index (χ4n) is 2.36. The van der Waals surface area contributed by atoms with Crippen molar-refractivity contribution >= 4 is 5.69 Å². The summed E-state index contributed by atoms with van der Waals surface area (Å²) in [6.07, 6.45) is 2.84. The summed E-state index contributed by atoms with van der Waals surface area (Å²) in [5.41, 5.74) is 2.48. The average molecular weight is 229 g/mol. The Labute approximate surface area is 100 Å². The smallest absolute Gasteiger partial charge is 0.179 e. The lowest BCUT2D eigenvalue weighted by Gasteiger charge is -2.28. The molecule has 0 fully saturated rings. The van der Waals surface area contributed by atoms with Gasteiger partial charge in [-0.1, -0.05) is 6.92 Å². The first kappa shape index (κ1) is 10.3. The van der Waals surface area contributed by atoms with E-state index in [1.54, 1.807) is 0 Å². The Morgan fingerprint density at radius 3 is 3.00 bits per heavy atom. The molecule has 2 aromatic heterocycles. The summed E-state index contributed by atoms with van der Waals surface area (Å²) in [7, 11) is 2.08. The van der Waals surface area contributed by atoms with Gasteiger partial charge < -0.3 is 4.90 Å². The van der Waals surface area contributed by atoms with E-state index in [0.29, 0.717) is 0 Å². The van der Waals surface area contributed by atoms with Gasteiger partial charge in [0, 0.05) is 13.2 Å². The fourth-order valence-corrected chi connectivity index (χ4v) is 2.36. The molecule has 2 aromatic rings. The van der Waals surface area contributed by atoms with Crippen LogP contribution in [0.1, 0.15) is 24.1 Å². The van der Waals surface area contributed by atoms with Crippen molar-refractivity contribution in [3.63, 3.8) is 0 Å². The molecule has 0 atom stereocenters. The van der Waals surface area contributed by atoms with Crippen molar-refractivity contribution < 1.29 is 0 Å². The van der Waals surface area contributed by atoms with Crippen LogP contribution >= 0.6 is 0 Å². The van der Waals surface area contributed by atoms with Crippen LogP contribution in [-0.2, 0) is 13.0 Å². The normalized spacial score (nSPS) is 13.5. The molecule has 5 heteroatoms. The van der Waals surface area contributed by atoms with Gasteiger partial charge in [-0.3, -0.25) is 0 Å². The second-order valence-corrected chi connectivity index (χ2v) is 4.34. The predicted molar refractivity (Wildman–Crippen MR) is 65.4 cm³/mol. The average Bonchev–Trinajstić information content (AvgIpc) is 2.69. The Bertz CT molecular complexity index is 572. The molecule has 0 spiro atoms. The van der Waals surface area contributed by atoms with Crippen LogP contribution in [0.4, 0.5) is 5.69 Å². The van der Waals surface area contributed by atoms with Crippen LogP contribution in [-0.4, -0.2) is 26.8 Å². The topological polar surface area (TPSA) is 46.8 Å². The lowest BCUT2D eigenvalue weighted by molar-refractivity contribution is 0.701. The third kappa shape index (κ3) is 1.42. The Hall–Kier alpha value is -1.91. The number of fused-ring (bicyclic) bond motifs is 3. The van der Waals surface area contributed by atoms with Crippen molar-refractivity contribution in [1.29, 1.82) is 0 Å². The first-order valence-corrected chi connectivity index (χ1v) is 5.82. The summed E-state index contributed by atoms with van der Waals surface area (Å²) in [5.74, 6) is 2.65. The molecule has 0 unspecified atom stereocenters. The van der Waals surface area contributed by atoms with Gasteiger partial charge in [-0.25, -0.2) is 9.97 Å². The Morgan fingerprint density at radius 2 is 2.24 bits per heavy atom. The maximum absolute atomic E-state index is 4.45. The quantitative estimate of drug-likeness (QED) is 0.743. The fraction of sp³-hybridized carbons (Fsp3) is 0.417. The van der Waals surface area contributed by atoms with Crippen LogP contribution in [0, 0.1) is 6.92 Å². The maximum atomic E-state index is 4.45. The standard InChI is InChI=1S/C12H15N5/c1-4-9-5-6-13-12-11(9)16(3)7-10-14-8(2)15-17(10)12/h5-6H,4,7H2,1-3H3. The van der Waals surface area contributed by atoms with Gasteiger partial charge in [0.1, 0.15) is 5.82 Å². The van der Waals surface area contributed by atoms with Crippen molar-refractivity contribution in [3.05, 3.63) is 29.5 Å². The van der Waals surface area contributed by atoms with Crippen LogP contribution in [0.5, 0.6) is 0 Å². The van der Waals surface area contributed by atoms with Gasteiger partial charge in [-0.05, 0) is 25.0 Å². The van der Waals surface area contributed by atoms with E-state index in [1.807, 2.05) is 17.8 Å². The second-order valence-electron chi connectivity index (χ2n) is 4.34. The van der Waals surface area contributed by atoms with Crippen molar-refractivity contribution in [3.8, 4) is 5.82 Å². The van der Waals surface area contributed by atoms with Crippen molar-refractivity contribution in [1.82, 2.24) is 19.7 Å². The van der Waals surface area contributed by atoms with Crippen molar-refractivity contribution in [2.24, 2.45) is 0 Å². The highest BCUT2D eigenvalue weighted by Gasteiger charge is 2.25. The number of hydrogen-bond donors (Lipinski definition) is 0. The zero-order valence-corrected chi connectivity index (χ0v) is 10.3. The largest absolute Gasteiger partial charge is 0.364 e. The van der Waals surface area contributed by atoms with E-state index >= 15 is 0 Å². The van der Waals surface area contributed by atoms with E-state index in [0.717, 1.165) is 30.4 Å². The van der Waals surface area contributed by atoms with E-state index in [4.69, 9.17) is 0 Å². The van der Waals surface area contributed by atoms with E-state index in [1.165, 1.54) is 11.3 Å². The molecule has 0 amide bonds. The molecule has 0 saturated heterocycles. The number of rotatable bonds is 1. The van der Waals surface area contributed by atoms with Gasteiger partial charge in [0.15, 0.2) is 11.6 Å². The minimum absolute atomic E-state index is 0.784. The summed E-state index contributed by atoms with van der Waals surface area (Å²) in [5, 5.41) is 4.42. The number of aromatic nitrogens is 4. The zero-order chi connectivity index (χ0) is 12.0. The molecule has 3 rings (SSSR count). The molecule has 5 nitrogen and oxygen atoms in total. The Balaban J connectivity index is 2.28. The molecule has 0 saturated carbocycles. The number of hydrogen-bond acceptors (Lipinski definition) is 4. The highest BCUT2D eigenvalue weighted by molar-refractivity contribution is 5.65. The van der Waals surface area contributed by atoms with Crippen LogP contribution in [0.15, 0.2) is 12.3 Å². The second kappa shape index (κ2) is 3.55. The monoisotopic (exact) mass is 229 g/mol. The third-order valence-electron chi connectivity index (χ3n) is 3.11. The van der Waals surface area contributed by atoms with Crippen LogP contribution < -0.4 is 4.90 Å². The van der Waals surface area contributed by atoms with E-state index < -0.39 is 0 Å². The lowest BCUT2D eigenvalue weighted by atomic mass is 10.1. The maximum Gasteiger partial charge on any atom is 0.179 e. The number of pyridine rings is 1. The summed E-state index contributed by atoms with van der Waals surface area (Å²) < 4.78 is 1.86. The van der Waals surface area contributed by atoms with E-state index in [-0.39, 0.29) is 0 Å². The summed E-state index contributed by atoms with van der Waals surface area (Å²) in [4.78, 5) is 11.1. The van der Waals surface area contributed by atoms with Crippen molar-refractivity contribution in [2.75, 3.05) is 11.9 Å². The summed E-state index contributed by atoms with van der Waals surface area (Å²) in [6, 6.07) is 2.07. The molecule has 1 aliphatic heterocycles. The van der Waals surface area contributed by atoms with Gasteiger partial charge in [0.25, 0.3) is 0 Å².